The number of nitrogens with zero attached hydrogens (tertiary/aromatic N) is 1. The van der Waals surface area contributed by atoms with Crippen LogP contribution in [-0.2, 0) is 16.1 Å². The first-order chi connectivity index (χ1) is 16.0. The minimum Gasteiger partial charge on any atom is -0.489 e. The molecule has 3 aromatic rings. The Bertz CT molecular complexity index is 1200. The van der Waals surface area contributed by atoms with E-state index in [-0.39, 0.29) is 12.2 Å². The highest BCUT2D eigenvalue weighted by Gasteiger charge is 2.11. The van der Waals surface area contributed by atoms with Gasteiger partial charge in [0.05, 0.1) is 12.2 Å². The molecule has 0 aromatic heterocycles. The topological polar surface area (TPSA) is 88.4 Å². The van der Waals surface area contributed by atoms with Crippen LogP contribution in [0.2, 0.25) is 5.02 Å². The normalized spacial score (nSPS) is 10.8. The van der Waals surface area contributed by atoms with Gasteiger partial charge < -0.3 is 14.8 Å². The number of carbonyl (C=O) groups is 2. The summed E-state index contributed by atoms with van der Waals surface area (Å²) in [6, 6.07) is 22.6. The van der Waals surface area contributed by atoms with Gasteiger partial charge in [-0.25, -0.2) is 4.79 Å². The molecule has 0 aliphatic rings. The predicted molar refractivity (Wildman–Crippen MR) is 127 cm³/mol. The van der Waals surface area contributed by atoms with Crippen molar-refractivity contribution in [3.63, 3.8) is 0 Å². The molecule has 0 radical (unpaired) electrons. The Kier molecular flexibility index (Phi) is 8.23. The molecule has 0 saturated carbocycles. The fraction of sp³-hybridized carbons (Fsp3) is 0.115. The smallest absolute Gasteiger partial charge is 0.338 e. The molecule has 3 aromatic carbocycles. The molecular weight excluding hydrogens is 440 g/mol. The number of halogens is 1. The van der Waals surface area contributed by atoms with Crippen molar-refractivity contribution in [1.82, 2.24) is 0 Å². The summed E-state index contributed by atoms with van der Waals surface area (Å²) >= 11 is 5.98. The number of nitriles is 1. The van der Waals surface area contributed by atoms with Crippen molar-refractivity contribution in [2.75, 3.05) is 11.9 Å². The van der Waals surface area contributed by atoms with Gasteiger partial charge in [-0.15, -0.1) is 0 Å². The lowest BCUT2D eigenvalue weighted by atomic mass is 10.1. The second-order valence-corrected chi connectivity index (χ2v) is 7.35. The zero-order chi connectivity index (χ0) is 23.6. The number of ether oxygens (including phenoxy) is 2. The highest BCUT2D eigenvalue weighted by molar-refractivity contribution is 6.30. The van der Waals surface area contributed by atoms with Gasteiger partial charge in [-0.3, -0.25) is 4.79 Å². The van der Waals surface area contributed by atoms with Crippen LogP contribution < -0.4 is 10.1 Å². The van der Waals surface area contributed by atoms with Gasteiger partial charge in [0, 0.05) is 10.7 Å². The first kappa shape index (κ1) is 23.6. The summed E-state index contributed by atoms with van der Waals surface area (Å²) in [5, 5.41) is 12.7. The monoisotopic (exact) mass is 460 g/mol. The Balaban J connectivity index is 1.61. The maximum absolute atomic E-state index is 12.5. The minimum absolute atomic E-state index is 0.0583. The van der Waals surface area contributed by atoms with Crippen molar-refractivity contribution in [2.45, 2.75) is 13.5 Å². The summed E-state index contributed by atoms with van der Waals surface area (Å²) in [5.74, 6) is -0.340. The van der Waals surface area contributed by atoms with E-state index in [1.54, 1.807) is 61.5 Å². The Morgan fingerprint density at radius 2 is 1.79 bits per heavy atom. The van der Waals surface area contributed by atoms with Crippen molar-refractivity contribution < 1.29 is 19.1 Å². The van der Waals surface area contributed by atoms with Gasteiger partial charge >= 0.3 is 5.97 Å². The molecule has 166 valence electrons. The molecule has 0 unspecified atom stereocenters. The molecule has 0 aliphatic heterocycles. The summed E-state index contributed by atoms with van der Waals surface area (Å²) in [6.45, 7) is 2.38. The van der Waals surface area contributed by atoms with Crippen LogP contribution in [0, 0.1) is 11.3 Å². The molecule has 0 heterocycles. The number of nitrogens with one attached hydrogen (secondary N) is 1. The molecule has 0 spiro atoms. The summed E-state index contributed by atoms with van der Waals surface area (Å²) < 4.78 is 10.7. The fourth-order valence-corrected chi connectivity index (χ4v) is 3.08. The van der Waals surface area contributed by atoms with Crippen LogP contribution in [0.1, 0.15) is 28.4 Å². The molecule has 1 amide bonds. The Morgan fingerprint density at radius 1 is 1.06 bits per heavy atom. The van der Waals surface area contributed by atoms with E-state index in [9.17, 15) is 14.9 Å². The SMILES string of the molecule is CCOC(=O)c1ccc(NC(=O)/C(C#N)=C/c2ccc(OCc3cccc(Cl)c3)cc2)cc1. The van der Waals surface area contributed by atoms with E-state index in [0.717, 1.165) is 5.56 Å². The summed E-state index contributed by atoms with van der Waals surface area (Å²) in [6.07, 6.45) is 1.49. The number of hydrogen-bond acceptors (Lipinski definition) is 5. The zero-order valence-electron chi connectivity index (χ0n) is 17.9. The van der Waals surface area contributed by atoms with Crippen molar-refractivity contribution in [1.29, 1.82) is 5.26 Å². The van der Waals surface area contributed by atoms with Crippen LogP contribution in [0.4, 0.5) is 5.69 Å². The minimum atomic E-state index is -0.553. The summed E-state index contributed by atoms with van der Waals surface area (Å²) in [7, 11) is 0. The van der Waals surface area contributed by atoms with E-state index in [4.69, 9.17) is 21.1 Å². The lowest BCUT2D eigenvalue weighted by molar-refractivity contribution is -0.112. The lowest BCUT2D eigenvalue weighted by Crippen LogP contribution is -2.13. The van der Waals surface area contributed by atoms with Gasteiger partial charge in [0.1, 0.15) is 24.0 Å². The first-order valence-electron chi connectivity index (χ1n) is 10.2. The fourth-order valence-electron chi connectivity index (χ4n) is 2.87. The van der Waals surface area contributed by atoms with E-state index in [2.05, 4.69) is 5.32 Å². The van der Waals surface area contributed by atoms with E-state index in [1.165, 1.54) is 6.08 Å². The van der Waals surface area contributed by atoms with Crippen LogP contribution >= 0.6 is 11.6 Å². The number of amides is 1. The Labute approximate surface area is 197 Å². The predicted octanol–water partition coefficient (Wildman–Crippen LogP) is 5.64. The van der Waals surface area contributed by atoms with Crippen LogP contribution in [0.15, 0.2) is 78.4 Å². The molecule has 1 N–H and O–H groups in total. The lowest BCUT2D eigenvalue weighted by Gasteiger charge is -2.07. The van der Waals surface area contributed by atoms with Gasteiger partial charge in [-0.2, -0.15) is 5.26 Å². The van der Waals surface area contributed by atoms with Crippen LogP contribution in [0.25, 0.3) is 6.08 Å². The largest absolute Gasteiger partial charge is 0.489 e. The quantitative estimate of drug-likeness (QED) is 0.267. The van der Waals surface area contributed by atoms with E-state index in [1.807, 2.05) is 24.3 Å². The number of esters is 1. The van der Waals surface area contributed by atoms with Gasteiger partial charge in [-0.1, -0.05) is 35.9 Å². The molecular formula is C26H21ClN2O4. The van der Waals surface area contributed by atoms with Crippen molar-refractivity contribution in [3.05, 3.63) is 100 Å². The average molecular weight is 461 g/mol. The number of rotatable bonds is 8. The number of anilines is 1. The highest BCUT2D eigenvalue weighted by Crippen LogP contribution is 2.18. The highest BCUT2D eigenvalue weighted by atomic mass is 35.5. The summed E-state index contributed by atoms with van der Waals surface area (Å²) in [5.41, 5.74) is 2.40. The molecule has 0 fully saturated rings. The van der Waals surface area contributed by atoms with E-state index in [0.29, 0.717) is 34.2 Å². The molecule has 0 saturated heterocycles. The Hall–Kier alpha value is -4.08. The van der Waals surface area contributed by atoms with Crippen LogP contribution in [-0.4, -0.2) is 18.5 Å². The molecule has 0 atom stereocenters. The van der Waals surface area contributed by atoms with E-state index < -0.39 is 11.9 Å². The molecule has 3 rings (SSSR count). The third-order valence-electron chi connectivity index (χ3n) is 4.50. The van der Waals surface area contributed by atoms with Gasteiger partial charge in [0.15, 0.2) is 0 Å². The van der Waals surface area contributed by atoms with Crippen molar-refractivity contribution in [3.8, 4) is 11.8 Å². The molecule has 0 aliphatic carbocycles. The third-order valence-corrected chi connectivity index (χ3v) is 4.74. The average Bonchev–Trinajstić information content (AvgIpc) is 2.82. The second kappa shape index (κ2) is 11.5. The molecule has 33 heavy (non-hydrogen) atoms. The number of carbonyl (C=O) groups excluding carboxylic acids is 2. The third kappa shape index (κ3) is 6.96. The van der Waals surface area contributed by atoms with E-state index >= 15 is 0 Å². The Morgan fingerprint density at radius 3 is 2.42 bits per heavy atom. The molecule has 0 bridgehead atoms. The van der Waals surface area contributed by atoms with Crippen molar-refractivity contribution in [2.24, 2.45) is 0 Å². The number of hydrogen-bond donors (Lipinski definition) is 1. The maximum Gasteiger partial charge on any atom is 0.338 e. The van der Waals surface area contributed by atoms with Crippen LogP contribution in [0.5, 0.6) is 5.75 Å². The molecule has 7 heteroatoms. The van der Waals surface area contributed by atoms with Crippen molar-refractivity contribution >= 4 is 35.2 Å². The van der Waals surface area contributed by atoms with Gasteiger partial charge in [0.2, 0.25) is 0 Å². The first-order valence-corrected chi connectivity index (χ1v) is 10.5. The number of benzene rings is 3. The van der Waals surface area contributed by atoms with Gasteiger partial charge in [0.25, 0.3) is 5.91 Å². The maximum atomic E-state index is 12.5. The zero-order valence-corrected chi connectivity index (χ0v) is 18.6. The second-order valence-electron chi connectivity index (χ2n) is 6.91. The standard InChI is InChI=1S/C26H21ClN2O4/c1-2-32-26(31)20-8-10-23(11-9-20)29-25(30)21(16-28)14-18-6-12-24(13-7-18)33-17-19-4-3-5-22(27)15-19/h3-15H,2,17H2,1H3,(H,29,30)/b21-14+. The summed E-state index contributed by atoms with van der Waals surface area (Å²) in [4.78, 5) is 24.2. The molecule has 6 nitrogen and oxygen atoms in total. The van der Waals surface area contributed by atoms with Crippen LogP contribution in [0.3, 0.4) is 0 Å². The van der Waals surface area contributed by atoms with Gasteiger partial charge in [-0.05, 0) is 72.7 Å².